The second kappa shape index (κ2) is 4.13. The van der Waals surface area contributed by atoms with E-state index >= 15 is 0 Å². The molecule has 0 aliphatic carbocycles. The number of aliphatic carboxylic acids is 1. The minimum Gasteiger partial charge on any atom is -0.481 e. The summed E-state index contributed by atoms with van der Waals surface area (Å²) in [5.74, 6) is -1.24. The van der Waals surface area contributed by atoms with Crippen molar-refractivity contribution in [2.24, 2.45) is 0 Å². The third-order valence-electron chi connectivity index (χ3n) is 2.37. The highest BCUT2D eigenvalue weighted by Crippen LogP contribution is 2.27. The largest absolute Gasteiger partial charge is 0.481 e. The van der Waals surface area contributed by atoms with Crippen LogP contribution in [0.1, 0.15) is 29.5 Å². The molecule has 3 heteroatoms. The van der Waals surface area contributed by atoms with E-state index in [2.05, 4.69) is 15.9 Å². The molecule has 1 aromatic carbocycles. The molecule has 1 rings (SSSR count). The number of hydrogen-bond donors (Lipinski definition) is 1. The van der Waals surface area contributed by atoms with Crippen LogP contribution in [-0.2, 0) is 4.79 Å². The summed E-state index contributed by atoms with van der Waals surface area (Å²) in [7, 11) is 0. The first-order chi connectivity index (χ1) is 6.43. The van der Waals surface area contributed by atoms with Gasteiger partial charge in [-0.25, -0.2) is 0 Å². The van der Waals surface area contributed by atoms with E-state index in [0.717, 1.165) is 21.2 Å². The number of rotatable bonds is 2. The summed E-state index contributed by atoms with van der Waals surface area (Å²) < 4.78 is 0.973. The van der Waals surface area contributed by atoms with Crippen molar-refractivity contribution in [3.05, 3.63) is 33.3 Å². The number of halogens is 1. The van der Waals surface area contributed by atoms with Crippen molar-refractivity contribution < 1.29 is 9.90 Å². The lowest BCUT2D eigenvalue weighted by Gasteiger charge is -2.12. The zero-order valence-corrected chi connectivity index (χ0v) is 10.1. The summed E-state index contributed by atoms with van der Waals surface area (Å²) in [6, 6.07) is 3.92. The molecule has 1 aromatic rings. The fourth-order valence-corrected chi connectivity index (χ4v) is 2.01. The van der Waals surface area contributed by atoms with Gasteiger partial charge in [-0.05, 0) is 43.5 Å². The van der Waals surface area contributed by atoms with Crippen LogP contribution < -0.4 is 0 Å². The molecule has 1 unspecified atom stereocenters. The molecule has 0 fully saturated rings. The van der Waals surface area contributed by atoms with Gasteiger partial charge in [0.2, 0.25) is 0 Å². The van der Waals surface area contributed by atoms with Gasteiger partial charge in [0.15, 0.2) is 0 Å². The highest BCUT2D eigenvalue weighted by molar-refractivity contribution is 9.10. The highest BCUT2D eigenvalue weighted by atomic mass is 79.9. The maximum atomic E-state index is 10.9. The quantitative estimate of drug-likeness (QED) is 0.882. The Labute approximate surface area is 92.1 Å². The highest BCUT2D eigenvalue weighted by Gasteiger charge is 2.17. The summed E-state index contributed by atoms with van der Waals surface area (Å²) in [5, 5.41) is 8.93. The Balaban J connectivity index is 3.26. The second-order valence-electron chi connectivity index (χ2n) is 3.52. The van der Waals surface area contributed by atoms with Crippen molar-refractivity contribution in [2.75, 3.05) is 0 Å². The summed E-state index contributed by atoms with van der Waals surface area (Å²) in [6.07, 6.45) is 0. The van der Waals surface area contributed by atoms with Crippen LogP contribution >= 0.6 is 15.9 Å². The lowest BCUT2D eigenvalue weighted by molar-refractivity contribution is -0.138. The van der Waals surface area contributed by atoms with E-state index < -0.39 is 11.9 Å². The van der Waals surface area contributed by atoms with E-state index in [4.69, 9.17) is 5.11 Å². The Hall–Kier alpha value is -0.830. The molecule has 0 aliphatic rings. The van der Waals surface area contributed by atoms with Crippen molar-refractivity contribution >= 4 is 21.9 Å². The SMILES string of the molecule is Cc1cc(Br)c(C)c(C(C)C(=O)O)c1. The van der Waals surface area contributed by atoms with Crippen molar-refractivity contribution in [2.45, 2.75) is 26.7 Å². The molecule has 0 amide bonds. The van der Waals surface area contributed by atoms with Crippen molar-refractivity contribution in [1.82, 2.24) is 0 Å². The number of carboxylic acid groups (broad SMARTS) is 1. The molecule has 0 heterocycles. The standard InChI is InChI=1S/C11H13BrO2/c1-6-4-9(8(3)11(13)14)7(2)10(12)5-6/h4-5,8H,1-3H3,(H,13,14). The van der Waals surface area contributed by atoms with E-state index in [1.807, 2.05) is 26.0 Å². The Morgan fingerprint density at radius 3 is 2.50 bits per heavy atom. The molecular weight excluding hydrogens is 244 g/mol. The van der Waals surface area contributed by atoms with Crippen molar-refractivity contribution in [1.29, 1.82) is 0 Å². The van der Waals surface area contributed by atoms with E-state index in [1.54, 1.807) is 6.92 Å². The van der Waals surface area contributed by atoms with Crippen LogP contribution in [0.3, 0.4) is 0 Å². The number of aryl methyl sites for hydroxylation is 1. The van der Waals surface area contributed by atoms with Gasteiger partial charge in [0.05, 0.1) is 5.92 Å². The average Bonchev–Trinajstić information content (AvgIpc) is 2.09. The summed E-state index contributed by atoms with van der Waals surface area (Å²) in [4.78, 5) is 10.9. The van der Waals surface area contributed by atoms with Crippen LogP contribution in [0.5, 0.6) is 0 Å². The Kier molecular flexibility index (Phi) is 3.32. The van der Waals surface area contributed by atoms with Crippen LogP contribution in [-0.4, -0.2) is 11.1 Å². The number of carboxylic acids is 1. The monoisotopic (exact) mass is 256 g/mol. The van der Waals surface area contributed by atoms with Crippen LogP contribution in [0.25, 0.3) is 0 Å². The van der Waals surface area contributed by atoms with Gasteiger partial charge >= 0.3 is 5.97 Å². The Morgan fingerprint density at radius 2 is 2.00 bits per heavy atom. The Bertz CT molecular complexity index is 372. The maximum Gasteiger partial charge on any atom is 0.310 e. The van der Waals surface area contributed by atoms with Gasteiger partial charge in [-0.2, -0.15) is 0 Å². The predicted octanol–water partition coefficient (Wildman–Crippen LogP) is 3.25. The molecule has 0 radical (unpaired) electrons. The van der Waals surface area contributed by atoms with E-state index in [0.29, 0.717) is 0 Å². The van der Waals surface area contributed by atoms with Gasteiger partial charge in [-0.3, -0.25) is 4.79 Å². The summed E-state index contributed by atoms with van der Waals surface area (Å²) >= 11 is 3.42. The summed E-state index contributed by atoms with van der Waals surface area (Å²) in [6.45, 7) is 5.59. The van der Waals surface area contributed by atoms with Crippen LogP contribution in [0, 0.1) is 13.8 Å². The zero-order chi connectivity index (χ0) is 10.9. The molecule has 2 nitrogen and oxygen atoms in total. The number of hydrogen-bond acceptors (Lipinski definition) is 1. The molecule has 76 valence electrons. The van der Waals surface area contributed by atoms with Gasteiger partial charge in [-0.15, -0.1) is 0 Å². The molecule has 0 spiro atoms. The van der Waals surface area contributed by atoms with Gasteiger partial charge in [-0.1, -0.05) is 22.0 Å². The summed E-state index contributed by atoms with van der Waals surface area (Å²) in [5.41, 5.74) is 2.96. The van der Waals surface area contributed by atoms with Crippen molar-refractivity contribution in [3.8, 4) is 0 Å². The first-order valence-electron chi connectivity index (χ1n) is 4.43. The predicted molar refractivity (Wildman–Crippen MR) is 59.7 cm³/mol. The molecule has 0 bridgehead atoms. The molecule has 0 aliphatic heterocycles. The normalized spacial score (nSPS) is 12.6. The fourth-order valence-electron chi connectivity index (χ4n) is 1.42. The van der Waals surface area contributed by atoms with Crippen LogP contribution in [0.2, 0.25) is 0 Å². The average molecular weight is 257 g/mol. The molecule has 1 N–H and O–H groups in total. The third-order valence-corrected chi connectivity index (χ3v) is 3.19. The van der Waals surface area contributed by atoms with E-state index in [9.17, 15) is 4.79 Å². The third kappa shape index (κ3) is 2.15. The van der Waals surface area contributed by atoms with Gasteiger partial charge in [0.1, 0.15) is 0 Å². The van der Waals surface area contributed by atoms with Crippen LogP contribution in [0.15, 0.2) is 16.6 Å². The maximum absolute atomic E-state index is 10.9. The van der Waals surface area contributed by atoms with E-state index in [1.165, 1.54) is 0 Å². The molecule has 0 aromatic heterocycles. The molecule has 1 atom stereocenters. The fraction of sp³-hybridized carbons (Fsp3) is 0.364. The molecule has 0 saturated carbocycles. The van der Waals surface area contributed by atoms with Crippen molar-refractivity contribution in [3.63, 3.8) is 0 Å². The zero-order valence-electron chi connectivity index (χ0n) is 8.47. The second-order valence-corrected chi connectivity index (χ2v) is 4.38. The van der Waals surface area contributed by atoms with Crippen LogP contribution in [0.4, 0.5) is 0 Å². The molecule has 0 saturated heterocycles. The lowest BCUT2D eigenvalue weighted by Crippen LogP contribution is -2.09. The van der Waals surface area contributed by atoms with Gasteiger partial charge in [0.25, 0.3) is 0 Å². The molecular formula is C11H13BrO2. The molecule has 14 heavy (non-hydrogen) atoms. The minimum absolute atomic E-state index is 0.453. The first kappa shape index (κ1) is 11.2. The number of carbonyl (C=O) groups is 1. The Morgan fingerprint density at radius 1 is 1.43 bits per heavy atom. The first-order valence-corrected chi connectivity index (χ1v) is 5.22. The number of benzene rings is 1. The smallest absolute Gasteiger partial charge is 0.310 e. The van der Waals surface area contributed by atoms with Gasteiger partial charge in [0, 0.05) is 4.47 Å². The lowest BCUT2D eigenvalue weighted by atomic mass is 9.95. The minimum atomic E-state index is -0.786. The topological polar surface area (TPSA) is 37.3 Å². The van der Waals surface area contributed by atoms with Gasteiger partial charge < -0.3 is 5.11 Å². The van der Waals surface area contributed by atoms with E-state index in [-0.39, 0.29) is 0 Å².